The van der Waals surface area contributed by atoms with Gasteiger partial charge in [0, 0.05) is 37.6 Å². The van der Waals surface area contributed by atoms with E-state index < -0.39 is 0 Å². The number of aromatic nitrogens is 2. The van der Waals surface area contributed by atoms with E-state index in [-0.39, 0.29) is 5.56 Å². The van der Waals surface area contributed by atoms with Crippen LogP contribution in [-0.2, 0) is 26.1 Å². The van der Waals surface area contributed by atoms with E-state index >= 15 is 0 Å². The van der Waals surface area contributed by atoms with Gasteiger partial charge in [-0.25, -0.2) is 4.98 Å². The summed E-state index contributed by atoms with van der Waals surface area (Å²) in [5.41, 5.74) is 3.93. The van der Waals surface area contributed by atoms with Crippen molar-refractivity contribution in [2.24, 2.45) is 0 Å². The largest absolute Gasteiger partial charge is 0.352 e. The molecule has 2 heterocycles. The molecule has 6 heteroatoms. The first kappa shape index (κ1) is 17.8. The van der Waals surface area contributed by atoms with Gasteiger partial charge in [-0.2, -0.15) is 0 Å². The van der Waals surface area contributed by atoms with Gasteiger partial charge in [0.1, 0.15) is 0 Å². The van der Waals surface area contributed by atoms with Gasteiger partial charge < -0.3 is 5.32 Å². The smallest absolute Gasteiger partial charge is 0.257 e. The maximum absolute atomic E-state index is 12.6. The van der Waals surface area contributed by atoms with Crippen molar-refractivity contribution in [3.63, 3.8) is 0 Å². The number of anilines is 1. The van der Waals surface area contributed by atoms with Gasteiger partial charge >= 0.3 is 0 Å². The molecule has 3 aromatic rings. The summed E-state index contributed by atoms with van der Waals surface area (Å²) in [4.78, 5) is 22.3. The Morgan fingerprint density at radius 2 is 1.85 bits per heavy atom. The fraction of sp³-hybridized carbons (Fsp3) is 0.238. The highest BCUT2D eigenvalue weighted by molar-refractivity contribution is 6.30. The van der Waals surface area contributed by atoms with Crippen molar-refractivity contribution < 1.29 is 0 Å². The molecule has 0 radical (unpaired) electrons. The predicted molar refractivity (Wildman–Crippen MR) is 108 cm³/mol. The van der Waals surface area contributed by atoms with Crippen LogP contribution in [0.25, 0.3) is 0 Å². The molecule has 27 heavy (non-hydrogen) atoms. The van der Waals surface area contributed by atoms with E-state index in [9.17, 15) is 4.79 Å². The van der Waals surface area contributed by atoms with Crippen molar-refractivity contribution in [3.8, 4) is 0 Å². The Morgan fingerprint density at radius 1 is 1.07 bits per heavy atom. The van der Waals surface area contributed by atoms with Gasteiger partial charge in [-0.15, -0.1) is 0 Å². The highest BCUT2D eigenvalue weighted by Crippen LogP contribution is 2.18. The molecule has 138 valence electrons. The first-order valence-corrected chi connectivity index (χ1v) is 9.42. The van der Waals surface area contributed by atoms with Crippen molar-refractivity contribution in [1.82, 2.24) is 14.9 Å². The second-order valence-electron chi connectivity index (χ2n) is 6.77. The Kier molecular flexibility index (Phi) is 5.23. The fourth-order valence-corrected chi connectivity index (χ4v) is 3.46. The van der Waals surface area contributed by atoms with Crippen molar-refractivity contribution in [2.75, 3.05) is 11.9 Å². The molecule has 1 aromatic heterocycles. The predicted octanol–water partition coefficient (Wildman–Crippen LogP) is 3.59. The van der Waals surface area contributed by atoms with Crippen LogP contribution in [0, 0.1) is 0 Å². The minimum Gasteiger partial charge on any atom is -0.352 e. The molecule has 0 bridgehead atoms. The summed E-state index contributed by atoms with van der Waals surface area (Å²) in [7, 11) is 0. The third kappa shape index (κ3) is 4.38. The zero-order valence-corrected chi connectivity index (χ0v) is 15.7. The lowest BCUT2D eigenvalue weighted by molar-refractivity contribution is 0.242. The Bertz CT molecular complexity index is 970. The van der Waals surface area contributed by atoms with E-state index in [1.165, 1.54) is 5.56 Å². The molecule has 0 fully saturated rings. The normalized spacial score (nSPS) is 14.0. The summed E-state index contributed by atoms with van der Waals surface area (Å²) < 4.78 is 0. The molecule has 0 atom stereocenters. The number of nitrogens with one attached hydrogen (secondary N) is 2. The van der Waals surface area contributed by atoms with Crippen LogP contribution in [-0.4, -0.2) is 21.4 Å². The minimum absolute atomic E-state index is 0.0589. The molecule has 1 aliphatic heterocycles. The molecule has 0 saturated carbocycles. The van der Waals surface area contributed by atoms with Crippen LogP contribution in [0.3, 0.4) is 0 Å². The van der Waals surface area contributed by atoms with E-state index in [4.69, 9.17) is 11.6 Å². The Morgan fingerprint density at radius 3 is 2.63 bits per heavy atom. The van der Waals surface area contributed by atoms with Crippen LogP contribution >= 0.6 is 11.6 Å². The van der Waals surface area contributed by atoms with Crippen LogP contribution < -0.4 is 10.9 Å². The molecule has 4 rings (SSSR count). The number of nitrogens with zero attached hydrogens (tertiary/aromatic N) is 2. The summed E-state index contributed by atoms with van der Waals surface area (Å²) >= 11 is 5.95. The van der Waals surface area contributed by atoms with Crippen LogP contribution in [0.1, 0.15) is 22.4 Å². The molecule has 2 aromatic carbocycles. The second kappa shape index (κ2) is 7.94. The SMILES string of the molecule is O=c1[nH]c(NCc2ccccc2)nc2c1CN(Cc1ccc(Cl)cc1)CC2. The van der Waals surface area contributed by atoms with Crippen molar-refractivity contribution >= 4 is 17.5 Å². The fourth-order valence-electron chi connectivity index (χ4n) is 3.33. The van der Waals surface area contributed by atoms with Gasteiger partial charge in [0.15, 0.2) is 0 Å². The summed E-state index contributed by atoms with van der Waals surface area (Å²) in [5.74, 6) is 0.536. The maximum Gasteiger partial charge on any atom is 0.257 e. The van der Waals surface area contributed by atoms with Gasteiger partial charge in [-0.1, -0.05) is 54.1 Å². The van der Waals surface area contributed by atoms with E-state index in [0.29, 0.717) is 19.0 Å². The summed E-state index contributed by atoms with van der Waals surface area (Å²) in [6.07, 6.45) is 0.771. The molecule has 1 aliphatic rings. The van der Waals surface area contributed by atoms with E-state index in [1.54, 1.807) is 0 Å². The zero-order valence-electron chi connectivity index (χ0n) is 14.9. The van der Waals surface area contributed by atoms with Crippen LogP contribution in [0.4, 0.5) is 5.95 Å². The minimum atomic E-state index is -0.0589. The maximum atomic E-state index is 12.6. The van der Waals surface area contributed by atoms with Gasteiger partial charge in [0.05, 0.1) is 11.3 Å². The number of H-pyrrole nitrogens is 1. The van der Waals surface area contributed by atoms with Gasteiger partial charge in [0.25, 0.3) is 5.56 Å². The van der Waals surface area contributed by atoms with Crippen molar-refractivity contribution in [3.05, 3.63) is 92.4 Å². The van der Waals surface area contributed by atoms with E-state index in [2.05, 4.69) is 20.2 Å². The van der Waals surface area contributed by atoms with Crippen LogP contribution in [0.15, 0.2) is 59.4 Å². The Labute approximate surface area is 163 Å². The lowest BCUT2D eigenvalue weighted by Crippen LogP contribution is -2.35. The number of rotatable bonds is 5. The number of hydrogen-bond acceptors (Lipinski definition) is 4. The average molecular weight is 381 g/mol. The number of halogens is 1. The van der Waals surface area contributed by atoms with Crippen molar-refractivity contribution in [2.45, 2.75) is 26.1 Å². The van der Waals surface area contributed by atoms with E-state index in [1.807, 2.05) is 54.6 Å². The molecule has 0 saturated heterocycles. The molecule has 2 N–H and O–H groups in total. The number of aromatic amines is 1. The molecular weight excluding hydrogens is 360 g/mol. The van der Waals surface area contributed by atoms with Gasteiger partial charge in [-0.05, 0) is 23.3 Å². The standard InChI is InChI=1S/C21H21ClN4O/c22-17-8-6-16(7-9-17)13-26-11-10-19-18(14-26)20(27)25-21(24-19)23-12-15-4-2-1-3-5-15/h1-9H,10-14H2,(H2,23,24,25,27). The number of hydrogen-bond donors (Lipinski definition) is 2. The molecule has 5 nitrogen and oxygen atoms in total. The monoisotopic (exact) mass is 380 g/mol. The van der Waals surface area contributed by atoms with Gasteiger partial charge in [-0.3, -0.25) is 14.7 Å². The topological polar surface area (TPSA) is 61.0 Å². The highest BCUT2D eigenvalue weighted by Gasteiger charge is 2.21. The summed E-state index contributed by atoms with van der Waals surface area (Å²) in [5, 5.41) is 3.95. The first-order valence-electron chi connectivity index (χ1n) is 9.04. The van der Waals surface area contributed by atoms with Gasteiger partial charge in [0.2, 0.25) is 5.95 Å². The molecule has 0 amide bonds. The summed E-state index contributed by atoms with van der Waals surface area (Å²) in [6.45, 7) is 2.92. The Hall–Kier alpha value is -2.63. The number of fused-ring (bicyclic) bond motifs is 1. The third-order valence-electron chi connectivity index (χ3n) is 4.77. The molecular formula is C21H21ClN4O. The molecule has 0 spiro atoms. The lowest BCUT2D eigenvalue weighted by Gasteiger charge is -2.27. The van der Waals surface area contributed by atoms with Crippen LogP contribution in [0.2, 0.25) is 5.02 Å². The van der Waals surface area contributed by atoms with Crippen LogP contribution in [0.5, 0.6) is 0 Å². The second-order valence-corrected chi connectivity index (χ2v) is 7.20. The highest BCUT2D eigenvalue weighted by atomic mass is 35.5. The Balaban J connectivity index is 1.44. The summed E-state index contributed by atoms with van der Waals surface area (Å²) in [6, 6.07) is 17.9. The molecule has 0 unspecified atom stereocenters. The molecule has 0 aliphatic carbocycles. The third-order valence-corrected chi connectivity index (χ3v) is 5.02. The zero-order chi connectivity index (χ0) is 18.6. The number of benzene rings is 2. The quantitative estimate of drug-likeness (QED) is 0.710. The first-order chi connectivity index (χ1) is 13.2. The van der Waals surface area contributed by atoms with Crippen molar-refractivity contribution in [1.29, 1.82) is 0 Å². The average Bonchev–Trinajstić information content (AvgIpc) is 2.69. The van der Waals surface area contributed by atoms with E-state index in [0.717, 1.165) is 41.4 Å². The lowest BCUT2D eigenvalue weighted by atomic mass is 10.1.